The van der Waals surface area contributed by atoms with Gasteiger partial charge in [-0.25, -0.2) is 0 Å². The second-order valence-corrected chi connectivity index (χ2v) is 4.39. The molecule has 3 heteroatoms. The van der Waals surface area contributed by atoms with Gasteiger partial charge in [0.2, 0.25) is 0 Å². The number of nitrogens with one attached hydrogen (secondary N) is 1. The molecule has 0 aliphatic carbocycles. The van der Waals surface area contributed by atoms with E-state index in [0.29, 0.717) is 6.61 Å². The Bertz CT molecular complexity index is 298. The maximum atomic E-state index is 5.56. The molecule has 0 bridgehead atoms. The van der Waals surface area contributed by atoms with Gasteiger partial charge in [0.05, 0.1) is 6.61 Å². The fraction of sp³-hybridized carbons (Fsp3) is 0.600. The quantitative estimate of drug-likeness (QED) is 0.649. The zero-order chi connectivity index (χ0) is 13.1. The molecule has 18 heavy (non-hydrogen) atoms. The molecular weight excluding hydrogens is 226 g/mol. The second-order valence-electron chi connectivity index (χ2n) is 4.39. The minimum atomic E-state index is 0.687. The maximum absolute atomic E-state index is 5.56. The third-order valence-electron chi connectivity index (χ3n) is 2.68. The van der Waals surface area contributed by atoms with E-state index in [1.54, 1.807) is 7.11 Å². The van der Waals surface area contributed by atoms with Crippen LogP contribution in [0.5, 0.6) is 0 Å². The fourth-order valence-electron chi connectivity index (χ4n) is 1.66. The van der Waals surface area contributed by atoms with Gasteiger partial charge in [-0.15, -0.1) is 0 Å². The SMILES string of the molecule is CCCNCc1ccc(COCCCOC)cc1. The van der Waals surface area contributed by atoms with E-state index < -0.39 is 0 Å². The average Bonchev–Trinajstić information content (AvgIpc) is 2.40. The van der Waals surface area contributed by atoms with E-state index in [0.717, 1.165) is 32.7 Å². The van der Waals surface area contributed by atoms with Gasteiger partial charge in [-0.05, 0) is 30.5 Å². The van der Waals surface area contributed by atoms with E-state index in [9.17, 15) is 0 Å². The number of benzene rings is 1. The van der Waals surface area contributed by atoms with Crippen molar-refractivity contribution >= 4 is 0 Å². The highest BCUT2D eigenvalue weighted by Gasteiger charge is 1.95. The molecule has 1 N–H and O–H groups in total. The van der Waals surface area contributed by atoms with Gasteiger partial charge in [-0.1, -0.05) is 31.2 Å². The standard InChI is InChI=1S/C15H25NO2/c1-3-9-16-12-14-5-7-15(8-6-14)13-18-11-4-10-17-2/h5-8,16H,3-4,9-13H2,1-2H3. The van der Waals surface area contributed by atoms with Gasteiger partial charge in [0.1, 0.15) is 0 Å². The molecule has 0 aliphatic heterocycles. The van der Waals surface area contributed by atoms with E-state index in [-0.39, 0.29) is 0 Å². The Morgan fingerprint density at radius 3 is 2.44 bits per heavy atom. The molecule has 0 saturated carbocycles. The summed E-state index contributed by atoms with van der Waals surface area (Å²) >= 11 is 0. The summed E-state index contributed by atoms with van der Waals surface area (Å²) in [6, 6.07) is 8.60. The lowest BCUT2D eigenvalue weighted by Gasteiger charge is -2.06. The summed E-state index contributed by atoms with van der Waals surface area (Å²) in [4.78, 5) is 0. The minimum absolute atomic E-state index is 0.687. The van der Waals surface area contributed by atoms with Crippen molar-refractivity contribution in [3.8, 4) is 0 Å². The van der Waals surface area contributed by atoms with Crippen LogP contribution < -0.4 is 5.32 Å². The van der Waals surface area contributed by atoms with Gasteiger partial charge in [0, 0.05) is 26.9 Å². The van der Waals surface area contributed by atoms with Crippen LogP contribution >= 0.6 is 0 Å². The Kier molecular flexibility index (Phi) is 8.47. The zero-order valence-electron chi connectivity index (χ0n) is 11.6. The smallest absolute Gasteiger partial charge is 0.0716 e. The fourth-order valence-corrected chi connectivity index (χ4v) is 1.66. The molecule has 0 aromatic heterocycles. The molecule has 3 nitrogen and oxygen atoms in total. The summed E-state index contributed by atoms with van der Waals surface area (Å²) in [7, 11) is 1.71. The molecule has 0 fully saturated rings. The van der Waals surface area contributed by atoms with Crippen LogP contribution in [-0.4, -0.2) is 26.9 Å². The Labute approximate surface area is 110 Å². The maximum Gasteiger partial charge on any atom is 0.0716 e. The molecule has 0 amide bonds. The van der Waals surface area contributed by atoms with Crippen molar-refractivity contribution in [2.24, 2.45) is 0 Å². The lowest BCUT2D eigenvalue weighted by Crippen LogP contribution is -2.13. The molecule has 0 radical (unpaired) electrons. The summed E-state index contributed by atoms with van der Waals surface area (Å²) in [5, 5.41) is 3.39. The van der Waals surface area contributed by atoms with Gasteiger partial charge in [-0.3, -0.25) is 0 Å². The predicted octanol–water partition coefficient (Wildman–Crippen LogP) is 2.74. The Morgan fingerprint density at radius 1 is 1.06 bits per heavy atom. The highest BCUT2D eigenvalue weighted by molar-refractivity contribution is 5.21. The highest BCUT2D eigenvalue weighted by Crippen LogP contribution is 2.06. The minimum Gasteiger partial charge on any atom is -0.385 e. The Hall–Kier alpha value is -0.900. The zero-order valence-corrected chi connectivity index (χ0v) is 11.6. The van der Waals surface area contributed by atoms with E-state index in [1.807, 2.05) is 0 Å². The van der Waals surface area contributed by atoms with Crippen molar-refractivity contribution < 1.29 is 9.47 Å². The van der Waals surface area contributed by atoms with Crippen LogP contribution in [0.15, 0.2) is 24.3 Å². The van der Waals surface area contributed by atoms with Crippen molar-refractivity contribution in [1.29, 1.82) is 0 Å². The molecule has 0 unspecified atom stereocenters. The molecule has 0 atom stereocenters. The largest absolute Gasteiger partial charge is 0.385 e. The average molecular weight is 251 g/mol. The van der Waals surface area contributed by atoms with Gasteiger partial charge in [0.25, 0.3) is 0 Å². The molecule has 0 heterocycles. The predicted molar refractivity (Wildman–Crippen MR) is 74.6 cm³/mol. The highest BCUT2D eigenvalue weighted by atomic mass is 16.5. The van der Waals surface area contributed by atoms with Crippen molar-refractivity contribution in [3.63, 3.8) is 0 Å². The van der Waals surface area contributed by atoms with Crippen LogP contribution in [0, 0.1) is 0 Å². The van der Waals surface area contributed by atoms with Crippen LogP contribution in [0.3, 0.4) is 0 Å². The Balaban J connectivity index is 2.19. The molecule has 1 rings (SSSR count). The summed E-state index contributed by atoms with van der Waals surface area (Å²) in [6.07, 6.45) is 2.13. The van der Waals surface area contributed by atoms with Crippen molar-refractivity contribution in [1.82, 2.24) is 5.32 Å². The number of rotatable bonds is 10. The first-order valence-corrected chi connectivity index (χ1v) is 6.72. The lowest BCUT2D eigenvalue weighted by molar-refractivity contribution is 0.0928. The van der Waals surface area contributed by atoms with E-state index >= 15 is 0 Å². The summed E-state index contributed by atoms with van der Waals surface area (Å²) in [6.45, 7) is 6.41. The molecular formula is C15H25NO2. The van der Waals surface area contributed by atoms with Crippen LogP contribution in [0.2, 0.25) is 0 Å². The second kappa shape index (κ2) is 10.1. The van der Waals surface area contributed by atoms with Crippen molar-refractivity contribution in [2.75, 3.05) is 26.9 Å². The van der Waals surface area contributed by atoms with Crippen LogP contribution in [0.25, 0.3) is 0 Å². The Morgan fingerprint density at radius 2 is 1.78 bits per heavy atom. The van der Waals surface area contributed by atoms with Crippen LogP contribution in [0.1, 0.15) is 30.9 Å². The number of methoxy groups -OCH3 is 1. The number of ether oxygens (including phenoxy) is 2. The van der Waals surface area contributed by atoms with Crippen molar-refractivity contribution in [3.05, 3.63) is 35.4 Å². The third kappa shape index (κ3) is 6.74. The van der Waals surface area contributed by atoms with Gasteiger partial charge in [0.15, 0.2) is 0 Å². The number of hydrogen-bond donors (Lipinski definition) is 1. The molecule has 1 aromatic rings. The normalized spacial score (nSPS) is 10.8. The van der Waals surface area contributed by atoms with E-state index in [1.165, 1.54) is 17.5 Å². The van der Waals surface area contributed by atoms with Crippen LogP contribution in [-0.2, 0) is 22.6 Å². The summed E-state index contributed by atoms with van der Waals surface area (Å²) in [5.74, 6) is 0. The number of hydrogen-bond acceptors (Lipinski definition) is 3. The molecule has 0 spiro atoms. The monoisotopic (exact) mass is 251 g/mol. The van der Waals surface area contributed by atoms with Crippen molar-refractivity contribution in [2.45, 2.75) is 32.9 Å². The first-order chi connectivity index (χ1) is 8.86. The first-order valence-electron chi connectivity index (χ1n) is 6.72. The van der Waals surface area contributed by atoms with Crippen LogP contribution in [0.4, 0.5) is 0 Å². The molecule has 102 valence electrons. The third-order valence-corrected chi connectivity index (χ3v) is 2.68. The van der Waals surface area contributed by atoms with E-state index in [4.69, 9.17) is 9.47 Å². The molecule has 0 aliphatic rings. The van der Waals surface area contributed by atoms with Gasteiger partial charge < -0.3 is 14.8 Å². The molecule has 1 aromatic carbocycles. The summed E-state index contributed by atoms with van der Waals surface area (Å²) < 4.78 is 10.5. The van der Waals surface area contributed by atoms with Gasteiger partial charge in [-0.2, -0.15) is 0 Å². The van der Waals surface area contributed by atoms with Gasteiger partial charge >= 0.3 is 0 Å². The summed E-state index contributed by atoms with van der Waals surface area (Å²) in [5.41, 5.74) is 2.55. The van der Waals surface area contributed by atoms with E-state index in [2.05, 4.69) is 36.5 Å². The first kappa shape index (κ1) is 15.2. The lowest BCUT2D eigenvalue weighted by atomic mass is 10.1. The molecule has 0 saturated heterocycles. The topological polar surface area (TPSA) is 30.5 Å².